The molecule has 0 amide bonds. The van der Waals surface area contributed by atoms with E-state index in [1.165, 1.54) is 36.0 Å². The zero-order valence-electron chi connectivity index (χ0n) is 10.4. The number of nitrogens with zero attached hydrogens (tertiary/aromatic N) is 1. The molecule has 1 heterocycles. The van der Waals surface area contributed by atoms with Gasteiger partial charge in [0.1, 0.15) is 0 Å². The van der Waals surface area contributed by atoms with Crippen LogP contribution in [-0.2, 0) is 12.8 Å². The molecule has 0 radical (unpaired) electrons. The highest BCUT2D eigenvalue weighted by Gasteiger charge is 1.96. The highest BCUT2D eigenvalue weighted by molar-refractivity contribution is 5.17. The molecular formula is C16H19N. The van der Waals surface area contributed by atoms with Gasteiger partial charge in [-0.15, -0.1) is 0 Å². The number of benzene rings is 1. The SMILES string of the molecule is Cc1cncc(CCCCc2ccccc2)c1. The summed E-state index contributed by atoms with van der Waals surface area (Å²) in [6, 6.07) is 12.9. The van der Waals surface area contributed by atoms with Crippen molar-refractivity contribution in [1.29, 1.82) is 0 Å². The number of aryl methyl sites for hydroxylation is 3. The molecule has 0 saturated carbocycles. The predicted molar refractivity (Wildman–Crippen MR) is 72.1 cm³/mol. The van der Waals surface area contributed by atoms with Crippen LogP contribution < -0.4 is 0 Å². The van der Waals surface area contributed by atoms with Crippen molar-refractivity contribution in [2.45, 2.75) is 32.6 Å². The van der Waals surface area contributed by atoms with Gasteiger partial charge in [0.15, 0.2) is 0 Å². The van der Waals surface area contributed by atoms with Crippen LogP contribution in [0.5, 0.6) is 0 Å². The van der Waals surface area contributed by atoms with E-state index in [9.17, 15) is 0 Å². The quantitative estimate of drug-likeness (QED) is 0.702. The third kappa shape index (κ3) is 4.03. The van der Waals surface area contributed by atoms with E-state index in [0.717, 1.165) is 6.42 Å². The molecule has 0 aliphatic rings. The van der Waals surface area contributed by atoms with Crippen molar-refractivity contribution in [2.75, 3.05) is 0 Å². The number of hydrogen-bond donors (Lipinski definition) is 0. The highest BCUT2D eigenvalue weighted by Crippen LogP contribution is 2.09. The lowest BCUT2D eigenvalue weighted by Crippen LogP contribution is -1.90. The van der Waals surface area contributed by atoms with Gasteiger partial charge >= 0.3 is 0 Å². The first-order chi connectivity index (χ1) is 8.34. The maximum absolute atomic E-state index is 4.22. The smallest absolute Gasteiger partial charge is 0.0300 e. The van der Waals surface area contributed by atoms with Crippen LogP contribution in [0.1, 0.15) is 29.5 Å². The van der Waals surface area contributed by atoms with Crippen molar-refractivity contribution < 1.29 is 0 Å². The largest absolute Gasteiger partial charge is 0.264 e. The summed E-state index contributed by atoms with van der Waals surface area (Å²) in [5.74, 6) is 0. The van der Waals surface area contributed by atoms with Crippen LogP contribution >= 0.6 is 0 Å². The Balaban J connectivity index is 1.73. The Bertz CT molecular complexity index is 448. The molecule has 0 spiro atoms. The minimum Gasteiger partial charge on any atom is -0.264 e. The molecule has 2 aromatic rings. The number of hydrogen-bond acceptors (Lipinski definition) is 1. The predicted octanol–water partition coefficient (Wildman–Crippen LogP) is 3.96. The fourth-order valence-electron chi connectivity index (χ4n) is 2.06. The van der Waals surface area contributed by atoms with Gasteiger partial charge in [-0.1, -0.05) is 36.4 Å². The van der Waals surface area contributed by atoms with Crippen molar-refractivity contribution in [3.63, 3.8) is 0 Å². The van der Waals surface area contributed by atoms with E-state index in [4.69, 9.17) is 0 Å². The van der Waals surface area contributed by atoms with E-state index in [0.29, 0.717) is 0 Å². The van der Waals surface area contributed by atoms with Gasteiger partial charge in [0.05, 0.1) is 0 Å². The van der Waals surface area contributed by atoms with Gasteiger partial charge < -0.3 is 0 Å². The zero-order valence-corrected chi connectivity index (χ0v) is 10.4. The molecule has 88 valence electrons. The molecule has 0 aliphatic carbocycles. The van der Waals surface area contributed by atoms with Crippen molar-refractivity contribution in [3.8, 4) is 0 Å². The molecule has 0 N–H and O–H groups in total. The molecule has 0 aliphatic heterocycles. The van der Waals surface area contributed by atoms with Crippen LogP contribution in [-0.4, -0.2) is 4.98 Å². The molecule has 1 heteroatoms. The van der Waals surface area contributed by atoms with Gasteiger partial charge in [-0.05, 0) is 49.3 Å². The minimum atomic E-state index is 1.14. The van der Waals surface area contributed by atoms with Gasteiger partial charge in [0, 0.05) is 12.4 Å². The Kier molecular flexibility index (Phi) is 4.31. The second-order valence-corrected chi connectivity index (χ2v) is 4.56. The van der Waals surface area contributed by atoms with Crippen molar-refractivity contribution in [3.05, 3.63) is 65.5 Å². The molecular weight excluding hydrogens is 206 g/mol. The summed E-state index contributed by atoms with van der Waals surface area (Å²) >= 11 is 0. The molecule has 0 bridgehead atoms. The van der Waals surface area contributed by atoms with E-state index in [1.807, 2.05) is 12.4 Å². The van der Waals surface area contributed by atoms with Crippen LogP contribution in [0.2, 0.25) is 0 Å². The van der Waals surface area contributed by atoms with Crippen LogP contribution in [0.25, 0.3) is 0 Å². The fraction of sp³-hybridized carbons (Fsp3) is 0.312. The molecule has 2 rings (SSSR count). The van der Waals surface area contributed by atoms with E-state index >= 15 is 0 Å². The van der Waals surface area contributed by atoms with Crippen molar-refractivity contribution in [1.82, 2.24) is 4.98 Å². The standard InChI is InChI=1S/C16H19N/c1-14-11-16(13-17-12-14)10-6-5-9-15-7-3-2-4-8-15/h2-4,7-8,11-13H,5-6,9-10H2,1H3. The number of rotatable bonds is 5. The van der Waals surface area contributed by atoms with Crippen molar-refractivity contribution in [2.24, 2.45) is 0 Å². The molecule has 0 fully saturated rings. The summed E-state index contributed by atoms with van der Waals surface area (Å²) in [5, 5.41) is 0. The zero-order chi connectivity index (χ0) is 11.9. The van der Waals surface area contributed by atoms with Crippen LogP contribution in [0, 0.1) is 6.92 Å². The van der Waals surface area contributed by atoms with Gasteiger partial charge in [0.2, 0.25) is 0 Å². The van der Waals surface area contributed by atoms with Crippen LogP contribution in [0.3, 0.4) is 0 Å². The van der Waals surface area contributed by atoms with E-state index in [2.05, 4.69) is 48.3 Å². The number of pyridine rings is 1. The lowest BCUT2D eigenvalue weighted by molar-refractivity contribution is 0.732. The average Bonchev–Trinajstić information content (AvgIpc) is 2.36. The second-order valence-electron chi connectivity index (χ2n) is 4.56. The highest BCUT2D eigenvalue weighted by atomic mass is 14.6. The van der Waals surface area contributed by atoms with Gasteiger partial charge in [-0.2, -0.15) is 0 Å². The molecule has 17 heavy (non-hydrogen) atoms. The third-order valence-corrected chi connectivity index (χ3v) is 2.96. The maximum Gasteiger partial charge on any atom is 0.0300 e. The Morgan fingerprint density at radius 2 is 1.59 bits per heavy atom. The van der Waals surface area contributed by atoms with E-state index in [1.54, 1.807) is 0 Å². The lowest BCUT2D eigenvalue weighted by atomic mass is 10.0. The second kappa shape index (κ2) is 6.19. The molecule has 1 aromatic heterocycles. The Morgan fingerprint density at radius 1 is 0.882 bits per heavy atom. The fourth-order valence-corrected chi connectivity index (χ4v) is 2.06. The summed E-state index contributed by atoms with van der Waals surface area (Å²) in [7, 11) is 0. The van der Waals surface area contributed by atoms with E-state index < -0.39 is 0 Å². The first-order valence-corrected chi connectivity index (χ1v) is 6.29. The summed E-state index contributed by atoms with van der Waals surface area (Å²) < 4.78 is 0. The minimum absolute atomic E-state index is 1.14. The Labute approximate surface area is 104 Å². The molecule has 0 atom stereocenters. The summed E-state index contributed by atoms with van der Waals surface area (Å²) in [5.41, 5.74) is 4.05. The monoisotopic (exact) mass is 225 g/mol. The van der Waals surface area contributed by atoms with Gasteiger partial charge in [-0.25, -0.2) is 0 Å². The average molecular weight is 225 g/mol. The third-order valence-electron chi connectivity index (χ3n) is 2.96. The summed E-state index contributed by atoms with van der Waals surface area (Å²) in [6.45, 7) is 2.10. The number of aromatic nitrogens is 1. The van der Waals surface area contributed by atoms with Gasteiger partial charge in [-0.3, -0.25) is 4.98 Å². The summed E-state index contributed by atoms with van der Waals surface area (Å²) in [4.78, 5) is 4.22. The number of unbranched alkanes of at least 4 members (excludes halogenated alkanes) is 1. The lowest BCUT2D eigenvalue weighted by Gasteiger charge is -2.03. The first-order valence-electron chi connectivity index (χ1n) is 6.29. The van der Waals surface area contributed by atoms with Crippen LogP contribution in [0.4, 0.5) is 0 Å². The Hall–Kier alpha value is -1.63. The Morgan fingerprint density at radius 3 is 2.29 bits per heavy atom. The maximum atomic E-state index is 4.22. The molecule has 1 nitrogen and oxygen atoms in total. The van der Waals surface area contributed by atoms with Gasteiger partial charge in [0.25, 0.3) is 0 Å². The first kappa shape index (κ1) is 11.8. The molecule has 0 saturated heterocycles. The van der Waals surface area contributed by atoms with Crippen LogP contribution in [0.15, 0.2) is 48.8 Å². The molecule has 0 unspecified atom stereocenters. The summed E-state index contributed by atoms with van der Waals surface area (Å²) in [6.07, 6.45) is 8.70. The topological polar surface area (TPSA) is 12.9 Å². The molecule has 1 aromatic carbocycles. The normalized spacial score (nSPS) is 10.4. The van der Waals surface area contributed by atoms with E-state index in [-0.39, 0.29) is 0 Å². The van der Waals surface area contributed by atoms with Crippen molar-refractivity contribution >= 4 is 0 Å².